The van der Waals surface area contributed by atoms with Crippen LogP contribution in [-0.4, -0.2) is 14.6 Å². The van der Waals surface area contributed by atoms with Crippen molar-refractivity contribution >= 4 is 17.0 Å². The third kappa shape index (κ3) is 1.27. The van der Waals surface area contributed by atoms with Crippen molar-refractivity contribution in [3.8, 4) is 11.3 Å². The third-order valence-electron chi connectivity index (χ3n) is 2.81. The summed E-state index contributed by atoms with van der Waals surface area (Å²) < 4.78 is 1.91. The molecule has 0 bridgehead atoms. The van der Waals surface area contributed by atoms with E-state index in [9.17, 15) is 0 Å². The average molecular weight is 229 g/mol. The van der Waals surface area contributed by atoms with Gasteiger partial charge >= 0.3 is 0 Å². The lowest BCUT2D eigenvalue weighted by Crippen LogP contribution is -2.01. The molecule has 0 aliphatic rings. The van der Waals surface area contributed by atoms with E-state index in [2.05, 4.69) is 33.8 Å². The van der Waals surface area contributed by atoms with Gasteiger partial charge in [0.25, 0.3) is 0 Å². The van der Waals surface area contributed by atoms with Gasteiger partial charge in [-0.25, -0.2) is 9.50 Å². The third-order valence-corrected chi connectivity index (χ3v) is 3.49. The second-order valence-corrected chi connectivity index (χ2v) is 4.56. The van der Waals surface area contributed by atoms with E-state index in [-0.39, 0.29) is 0 Å². The minimum Gasteiger partial charge on any atom is -0.234 e. The summed E-state index contributed by atoms with van der Waals surface area (Å²) in [6.45, 7) is 4.13. The first kappa shape index (κ1) is 9.54. The summed E-state index contributed by atoms with van der Waals surface area (Å²) in [6.07, 6.45) is 1.79. The van der Waals surface area contributed by atoms with Crippen molar-refractivity contribution in [2.45, 2.75) is 13.8 Å². The average Bonchev–Trinajstić information content (AvgIpc) is 2.89. The van der Waals surface area contributed by atoms with Crippen LogP contribution in [0.4, 0.5) is 0 Å². The predicted molar refractivity (Wildman–Crippen MR) is 65.8 cm³/mol. The molecule has 80 valence electrons. The van der Waals surface area contributed by atoms with Crippen molar-refractivity contribution in [3.05, 3.63) is 40.3 Å². The maximum atomic E-state index is 4.51. The van der Waals surface area contributed by atoms with Crippen molar-refractivity contribution < 1.29 is 0 Å². The SMILES string of the molecule is Cc1nc2ccnn2c(-c2ccsc2)c1C. The van der Waals surface area contributed by atoms with Crippen LogP contribution in [0.2, 0.25) is 0 Å². The zero-order chi connectivity index (χ0) is 11.1. The van der Waals surface area contributed by atoms with Gasteiger partial charge in [0.15, 0.2) is 5.65 Å². The zero-order valence-electron chi connectivity index (χ0n) is 9.14. The van der Waals surface area contributed by atoms with Crippen LogP contribution in [0.1, 0.15) is 11.3 Å². The molecule has 0 radical (unpaired) electrons. The highest BCUT2D eigenvalue weighted by molar-refractivity contribution is 7.08. The van der Waals surface area contributed by atoms with Crippen LogP contribution in [0, 0.1) is 13.8 Å². The minimum atomic E-state index is 0.907. The second-order valence-electron chi connectivity index (χ2n) is 3.78. The monoisotopic (exact) mass is 229 g/mol. The molecule has 3 aromatic heterocycles. The van der Waals surface area contributed by atoms with Gasteiger partial charge in [-0.1, -0.05) is 0 Å². The molecule has 0 N–H and O–H groups in total. The summed E-state index contributed by atoms with van der Waals surface area (Å²) in [6, 6.07) is 4.05. The first-order valence-corrected chi connectivity index (χ1v) is 6.05. The molecule has 0 aromatic carbocycles. The van der Waals surface area contributed by atoms with Gasteiger partial charge in [-0.2, -0.15) is 16.4 Å². The Morgan fingerprint density at radius 1 is 1.25 bits per heavy atom. The summed E-state index contributed by atoms with van der Waals surface area (Å²) in [4.78, 5) is 4.51. The van der Waals surface area contributed by atoms with Crippen molar-refractivity contribution in [2.75, 3.05) is 0 Å². The Labute approximate surface area is 97.4 Å². The highest BCUT2D eigenvalue weighted by Gasteiger charge is 2.11. The zero-order valence-corrected chi connectivity index (χ0v) is 9.95. The van der Waals surface area contributed by atoms with E-state index in [1.54, 1.807) is 17.5 Å². The maximum absolute atomic E-state index is 4.51. The Hall–Kier alpha value is -1.68. The number of aryl methyl sites for hydroxylation is 1. The van der Waals surface area contributed by atoms with Crippen LogP contribution in [0.5, 0.6) is 0 Å². The lowest BCUT2D eigenvalue weighted by molar-refractivity contribution is 0.925. The summed E-state index contributed by atoms with van der Waals surface area (Å²) in [5.74, 6) is 0. The molecule has 0 saturated heterocycles. The van der Waals surface area contributed by atoms with Crippen molar-refractivity contribution in [1.29, 1.82) is 0 Å². The Morgan fingerprint density at radius 3 is 2.88 bits per heavy atom. The molecule has 0 unspecified atom stereocenters. The fourth-order valence-corrected chi connectivity index (χ4v) is 2.52. The fraction of sp³-hybridized carbons (Fsp3) is 0.167. The normalized spacial score (nSPS) is 11.1. The smallest absolute Gasteiger partial charge is 0.155 e. The Kier molecular flexibility index (Phi) is 2.04. The number of hydrogen-bond donors (Lipinski definition) is 0. The van der Waals surface area contributed by atoms with Crippen LogP contribution in [0.25, 0.3) is 16.9 Å². The first-order valence-electron chi connectivity index (χ1n) is 5.11. The first-order chi connectivity index (χ1) is 7.77. The quantitative estimate of drug-likeness (QED) is 0.642. The van der Waals surface area contributed by atoms with Crippen LogP contribution < -0.4 is 0 Å². The standard InChI is InChI=1S/C12H11N3S/c1-8-9(2)14-11-3-5-13-15(11)12(8)10-4-6-16-7-10/h3-7H,1-2H3. The van der Waals surface area contributed by atoms with Crippen LogP contribution in [0.3, 0.4) is 0 Å². The van der Waals surface area contributed by atoms with E-state index in [4.69, 9.17) is 0 Å². The molecule has 4 heteroatoms. The number of nitrogens with zero attached hydrogens (tertiary/aromatic N) is 3. The predicted octanol–water partition coefficient (Wildman–Crippen LogP) is 3.07. The summed E-state index contributed by atoms with van der Waals surface area (Å²) >= 11 is 1.70. The van der Waals surface area contributed by atoms with E-state index in [1.165, 1.54) is 11.1 Å². The molecule has 0 aliphatic heterocycles. The summed E-state index contributed by atoms with van der Waals surface area (Å²) in [5, 5.41) is 8.56. The van der Waals surface area contributed by atoms with Crippen LogP contribution in [-0.2, 0) is 0 Å². The number of thiophene rings is 1. The van der Waals surface area contributed by atoms with Gasteiger partial charge < -0.3 is 0 Å². The molecule has 3 aromatic rings. The molecule has 0 amide bonds. The molecular formula is C12H11N3S. The van der Waals surface area contributed by atoms with Crippen molar-refractivity contribution in [2.24, 2.45) is 0 Å². The highest BCUT2D eigenvalue weighted by atomic mass is 32.1. The van der Waals surface area contributed by atoms with Gasteiger partial charge in [0.05, 0.1) is 11.9 Å². The lowest BCUT2D eigenvalue weighted by Gasteiger charge is -2.09. The number of aromatic nitrogens is 3. The van der Waals surface area contributed by atoms with Gasteiger partial charge in [0, 0.05) is 22.7 Å². The molecule has 0 aliphatic carbocycles. The van der Waals surface area contributed by atoms with Gasteiger partial charge in [0.1, 0.15) is 0 Å². The molecule has 0 spiro atoms. The molecule has 16 heavy (non-hydrogen) atoms. The molecule has 3 heterocycles. The number of rotatable bonds is 1. The van der Waals surface area contributed by atoms with E-state index >= 15 is 0 Å². The fourth-order valence-electron chi connectivity index (χ4n) is 1.88. The number of hydrogen-bond acceptors (Lipinski definition) is 3. The van der Waals surface area contributed by atoms with E-state index < -0.39 is 0 Å². The Balaban J connectivity index is 2.45. The van der Waals surface area contributed by atoms with Crippen LogP contribution in [0.15, 0.2) is 29.1 Å². The second kappa shape index (κ2) is 3.42. The minimum absolute atomic E-state index is 0.907. The maximum Gasteiger partial charge on any atom is 0.155 e. The molecule has 0 fully saturated rings. The van der Waals surface area contributed by atoms with E-state index in [0.717, 1.165) is 17.0 Å². The van der Waals surface area contributed by atoms with Gasteiger partial charge in [-0.3, -0.25) is 0 Å². The van der Waals surface area contributed by atoms with Gasteiger partial charge in [-0.05, 0) is 30.9 Å². The van der Waals surface area contributed by atoms with Crippen molar-refractivity contribution in [3.63, 3.8) is 0 Å². The van der Waals surface area contributed by atoms with E-state index in [1.807, 2.05) is 17.5 Å². The topological polar surface area (TPSA) is 30.2 Å². The van der Waals surface area contributed by atoms with Gasteiger partial charge in [-0.15, -0.1) is 0 Å². The molecule has 0 atom stereocenters. The Bertz CT molecular complexity index is 638. The van der Waals surface area contributed by atoms with Crippen LogP contribution >= 0.6 is 11.3 Å². The largest absolute Gasteiger partial charge is 0.234 e. The van der Waals surface area contributed by atoms with Crippen molar-refractivity contribution in [1.82, 2.24) is 14.6 Å². The molecule has 3 nitrogen and oxygen atoms in total. The number of fused-ring (bicyclic) bond motifs is 1. The molecular weight excluding hydrogens is 218 g/mol. The summed E-state index contributed by atoms with van der Waals surface area (Å²) in [7, 11) is 0. The molecule has 0 saturated carbocycles. The highest BCUT2D eigenvalue weighted by Crippen LogP contribution is 2.27. The Morgan fingerprint density at radius 2 is 2.12 bits per heavy atom. The van der Waals surface area contributed by atoms with Gasteiger partial charge in [0.2, 0.25) is 0 Å². The molecule has 3 rings (SSSR count). The lowest BCUT2D eigenvalue weighted by atomic mass is 10.1. The van der Waals surface area contributed by atoms with E-state index in [0.29, 0.717) is 0 Å². The summed E-state index contributed by atoms with van der Waals surface area (Å²) in [5.41, 5.74) is 5.52.